The van der Waals surface area contributed by atoms with Gasteiger partial charge >= 0.3 is 17.9 Å². The number of nitrogens with zero attached hydrogens (tertiary/aromatic N) is 1. The average Bonchev–Trinajstić information content (AvgIpc) is 3.33. The van der Waals surface area contributed by atoms with Crippen molar-refractivity contribution in [2.75, 3.05) is 47.5 Å². The van der Waals surface area contributed by atoms with E-state index in [1.165, 1.54) is 96.3 Å². The van der Waals surface area contributed by atoms with E-state index in [1.54, 1.807) is 0 Å². The molecule has 0 aromatic carbocycles. The van der Waals surface area contributed by atoms with Crippen LogP contribution in [0, 0.1) is 0 Å². The van der Waals surface area contributed by atoms with Crippen LogP contribution in [0.15, 0.2) is 85.1 Å². The molecule has 2 atom stereocenters. The summed E-state index contributed by atoms with van der Waals surface area (Å²) >= 11 is 0. The van der Waals surface area contributed by atoms with Crippen LogP contribution in [0.1, 0.15) is 226 Å². The molecule has 0 bridgehead atoms. The molecule has 0 aliphatic rings. The largest absolute Gasteiger partial charge is 0.477 e. The van der Waals surface area contributed by atoms with E-state index in [4.69, 9.17) is 18.9 Å². The van der Waals surface area contributed by atoms with Crippen molar-refractivity contribution in [2.45, 2.75) is 238 Å². The zero-order valence-electron chi connectivity index (χ0n) is 45.7. The van der Waals surface area contributed by atoms with E-state index in [-0.39, 0.29) is 38.6 Å². The second-order valence-corrected chi connectivity index (χ2v) is 19.9. The van der Waals surface area contributed by atoms with Gasteiger partial charge in [0.25, 0.3) is 6.29 Å². The van der Waals surface area contributed by atoms with Crippen LogP contribution in [0.5, 0.6) is 0 Å². The highest BCUT2D eigenvalue weighted by molar-refractivity contribution is 5.71. The van der Waals surface area contributed by atoms with Crippen LogP contribution in [0.2, 0.25) is 0 Å². The predicted molar refractivity (Wildman–Crippen MR) is 295 cm³/mol. The van der Waals surface area contributed by atoms with Crippen LogP contribution in [-0.2, 0) is 33.3 Å². The molecule has 0 fully saturated rings. The number of hydrogen-bond donors (Lipinski definition) is 1. The molecule has 0 aromatic heterocycles. The van der Waals surface area contributed by atoms with Gasteiger partial charge in [0, 0.05) is 12.8 Å². The molecule has 9 nitrogen and oxygen atoms in total. The number of carboxylic acid groups (broad SMARTS) is 1. The maximum atomic E-state index is 12.8. The van der Waals surface area contributed by atoms with Crippen LogP contribution in [0.4, 0.5) is 0 Å². The second-order valence-electron chi connectivity index (χ2n) is 19.9. The quantitative estimate of drug-likeness (QED) is 0.0211. The van der Waals surface area contributed by atoms with Gasteiger partial charge in [-0.05, 0) is 83.5 Å². The number of hydrogen-bond acceptors (Lipinski definition) is 7. The number of ether oxygens (including phenoxy) is 4. The van der Waals surface area contributed by atoms with E-state index in [0.717, 1.165) is 103 Å². The molecule has 0 rings (SSSR count). The average molecular weight is 982 g/mol. The molecule has 0 saturated heterocycles. The van der Waals surface area contributed by atoms with Gasteiger partial charge in [0.15, 0.2) is 6.10 Å². The standard InChI is InChI=1S/C61H105NO8/c1-6-8-10-12-14-16-18-19-20-21-22-23-24-25-26-27-28-29-30-31-32-33-34-35-36-37-38-39-40-41-42-44-46-48-50-52-59(64)70-57(56-69-61(60(65)66)67-54-53-62(3,4)5)55-68-58(63)51-49-47-45-43-17-15-13-11-9-7-2/h8,10-11,13-14,16,19-20,22-23,25-26,28-29,57,61H,6-7,9,12,15,17-18,21,24,27,30-56H2,1-5H3/p+1/b10-8-,13-11-,16-14-,20-19-,23-22-,26-25-,29-28-. The van der Waals surface area contributed by atoms with E-state index < -0.39 is 24.3 Å². The Balaban J connectivity index is 4.05. The summed E-state index contributed by atoms with van der Waals surface area (Å²) in [5.74, 6) is -2.02. The number of carbonyl (C=O) groups excluding carboxylic acids is 2. The van der Waals surface area contributed by atoms with Gasteiger partial charge in [-0.2, -0.15) is 0 Å². The maximum Gasteiger partial charge on any atom is 0.361 e. The number of aliphatic carboxylic acids is 1. The van der Waals surface area contributed by atoms with Crippen molar-refractivity contribution in [1.29, 1.82) is 0 Å². The van der Waals surface area contributed by atoms with Crippen molar-refractivity contribution >= 4 is 17.9 Å². The van der Waals surface area contributed by atoms with Gasteiger partial charge in [0.2, 0.25) is 0 Å². The molecular formula is C61H106NO8+. The summed E-state index contributed by atoms with van der Waals surface area (Å²) in [6.07, 6.45) is 65.4. The molecule has 0 spiro atoms. The van der Waals surface area contributed by atoms with Crippen molar-refractivity contribution in [1.82, 2.24) is 0 Å². The summed E-state index contributed by atoms with van der Waals surface area (Å²) in [7, 11) is 5.96. The fourth-order valence-electron chi connectivity index (χ4n) is 7.55. The molecule has 1 N–H and O–H groups in total. The molecule has 402 valence electrons. The molecule has 0 radical (unpaired) electrons. The van der Waals surface area contributed by atoms with Crippen molar-refractivity contribution in [2.24, 2.45) is 0 Å². The maximum absolute atomic E-state index is 12.8. The molecule has 2 unspecified atom stereocenters. The fraction of sp³-hybridized carbons (Fsp3) is 0.721. The summed E-state index contributed by atoms with van der Waals surface area (Å²) < 4.78 is 22.8. The van der Waals surface area contributed by atoms with Crippen LogP contribution in [0.25, 0.3) is 0 Å². The summed E-state index contributed by atoms with van der Waals surface area (Å²) in [6, 6.07) is 0. The summed E-state index contributed by atoms with van der Waals surface area (Å²) in [5, 5.41) is 9.66. The lowest BCUT2D eigenvalue weighted by molar-refractivity contribution is -0.870. The number of rotatable bonds is 51. The lowest BCUT2D eigenvalue weighted by atomic mass is 10.0. The first kappa shape index (κ1) is 66.5. The summed E-state index contributed by atoms with van der Waals surface area (Å²) in [6.45, 7) is 4.68. The SMILES string of the molecule is CC/C=C\C/C=C\C/C=C\C/C=C\C/C=C\C/C=C\CCCCCCCCCCCCCCCCCCC(=O)OC(COC(=O)CCCCCCC/C=C\CCC)COC(OCC[N+](C)(C)C)C(=O)O. The lowest BCUT2D eigenvalue weighted by Crippen LogP contribution is -2.40. The molecule has 0 saturated carbocycles. The smallest absolute Gasteiger partial charge is 0.361 e. The van der Waals surface area contributed by atoms with Crippen LogP contribution >= 0.6 is 0 Å². The van der Waals surface area contributed by atoms with Gasteiger partial charge in [-0.15, -0.1) is 0 Å². The monoisotopic (exact) mass is 981 g/mol. The zero-order valence-corrected chi connectivity index (χ0v) is 45.7. The Kier molecular flexibility index (Phi) is 49.2. The van der Waals surface area contributed by atoms with Crippen molar-refractivity contribution in [3.05, 3.63) is 85.1 Å². The van der Waals surface area contributed by atoms with Gasteiger partial charge in [-0.1, -0.05) is 214 Å². The minimum atomic E-state index is -1.51. The number of carbonyl (C=O) groups is 3. The Hall–Kier alpha value is -3.53. The second kappa shape index (κ2) is 51.8. The number of unbranched alkanes of at least 4 members (excludes halogenated alkanes) is 22. The van der Waals surface area contributed by atoms with Crippen molar-refractivity contribution < 1.29 is 42.9 Å². The molecule has 0 heterocycles. The highest BCUT2D eigenvalue weighted by Crippen LogP contribution is 2.16. The first-order valence-corrected chi connectivity index (χ1v) is 28.3. The fourth-order valence-corrected chi connectivity index (χ4v) is 7.55. The van der Waals surface area contributed by atoms with Gasteiger partial charge in [-0.25, -0.2) is 4.79 Å². The zero-order chi connectivity index (χ0) is 51.3. The first-order valence-electron chi connectivity index (χ1n) is 28.3. The van der Waals surface area contributed by atoms with E-state index in [2.05, 4.69) is 98.9 Å². The van der Waals surface area contributed by atoms with Gasteiger partial charge < -0.3 is 28.5 Å². The van der Waals surface area contributed by atoms with Crippen LogP contribution in [0.3, 0.4) is 0 Å². The Morgan fingerprint density at radius 1 is 0.443 bits per heavy atom. The first-order chi connectivity index (χ1) is 34.1. The number of likely N-dealkylation sites (N-methyl/N-ethyl adjacent to an activating group) is 1. The third kappa shape index (κ3) is 52.3. The van der Waals surface area contributed by atoms with E-state index in [1.807, 2.05) is 21.1 Å². The number of quaternary nitrogens is 1. The van der Waals surface area contributed by atoms with E-state index in [9.17, 15) is 19.5 Å². The molecule has 0 aliphatic carbocycles. The number of carboxylic acids is 1. The molecular weight excluding hydrogens is 875 g/mol. The summed E-state index contributed by atoms with van der Waals surface area (Å²) in [5.41, 5.74) is 0. The third-order valence-electron chi connectivity index (χ3n) is 11.9. The van der Waals surface area contributed by atoms with Crippen LogP contribution < -0.4 is 0 Å². The third-order valence-corrected chi connectivity index (χ3v) is 11.9. The normalized spacial score (nSPS) is 13.4. The van der Waals surface area contributed by atoms with Gasteiger partial charge in [-0.3, -0.25) is 9.59 Å². The Morgan fingerprint density at radius 3 is 1.23 bits per heavy atom. The van der Waals surface area contributed by atoms with E-state index in [0.29, 0.717) is 11.0 Å². The minimum Gasteiger partial charge on any atom is -0.477 e. The van der Waals surface area contributed by atoms with Crippen molar-refractivity contribution in [3.8, 4) is 0 Å². The van der Waals surface area contributed by atoms with E-state index >= 15 is 0 Å². The molecule has 0 aromatic rings. The van der Waals surface area contributed by atoms with Gasteiger partial charge in [0.05, 0.1) is 34.4 Å². The molecule has 9 heteroatoms. The lowest BCUT2D eigenvalue weighted by Gasteiger charge is -2.25. The minimum absolute atomic E-state index is 0.184. The Bertz CT molecular complexity index is 1420. The predicted octanol–water partition coefficient (Wildman–Crippen LogP) is 16.4. The van der Waals surface area contributed by atoms with Crippen LogP contribution in [-0.4, -0.2) is 87.4 Å². The molecule has 0 amide bonds. The van der Waals surface area contributed by atoms with Gasteiger partial charge in [0.1, 0.15) is 13.2 Å². The Morgan fingerprint density at radius 2 is 0.814 bits per heavy atom. The number of allylic oxidation sites excluding steroid dienone is 14. The Labute approximate surface area is 430 Å². The highest BCUT2D eigenvalue weighted by atomic mass is 16.7. The van der Waals surface area contributed by atoms with Crippen molar-refractivity contribution in [3.63, 3.8) is 0 Å². The molecule has 0 aliphatic heterocycles. The topological polar surface area (TPSA) is 108 Å². The summed E-state index contributed by atoms with van der Waals surface area (Å²) in [4.78, 5) is 37.2. The number of esters is 2. The molecule has 70 heavy (non-hydrogen) atoms. The highest BCUT2D eigenvalue weighted by Gasteiger charge is 2.25.